The zero-order valence-electron chi connectivity index (χ0n) is 14.8. The molecule has 1 unspecified atom stereocenters. The van der Waals surface area contributed by atoms with Crippen LogP contribution in [0.25, 0.3) is 0 Å². The van der Waals surface area contributed by atoms with Crippen LogP contribution in [-0.2, 0) is 11.2 Å². The zero-order valence-corrected chi connectivity index (χ0v) is 14.8. The molecule has 3 rings (SSSR count). The van der Waals surface area contributed by atoms with Gasteiger partial charge in [-0.2, -0.15) is 0 Å². The van der Waals surface area contributed by atoms with Gasteiger partial charge in [-0.05, 0) is 25.5 Å². The highest BCUT2D eigenvalue weighted by Crippen LogP contribution is 2.23. The number of carbonyl (C=O) groups excluding carboxylic acids is 1. The molecular formula is C18H25N3O4. The smallest absolute Gasteiger partial charge is 0.273 e. The lowest BCUT2D eigenvalue weighted by atomic mass is 10.1. The number of nitrogens with one attached hydrogen (secondary N) is 1. The number of carbonyl (C=O) groups is 1. The molecule has 0 radical (unpaired) electrons. The summed E-state index contributed by atoms with van der Waals surface area (Å²) in [5, 5.41) is 6.81. The third-order valence-electron chi connectivity index (χ3n) is 4.32. The molecule has 1 saturated heterocycles. The molecule has 3 heterocycles. The molecule has 1 fully saturated rings. The minimum atomic E-state index is -0.229. The van der Waals surface area contributed by atoms with E-state index in [1.165, 1.54) is 0 Å². The maximum Gasteiger partial charge on any atom is 0.273 e. The van der Waals surface area contributed by atoms with Gasteiger partial charge in [-0.1, -0.05) is 12.1 Å². The van der Waals surface area contributed by atoms with Gasteiger partial charge in [0, 0.05) is 32.1 Å². The molecule has 2 aromatic heterocycles. The van der Waals surface area contributed by atoms with Crippen molar-refractivity contribution in [1.82, 2.24) is 15.4 Å². The summed E-state index contributed by atoms with van der Waals surface area (Å²) < 4.78 is 16.4. The molecular weight excluding hydrogens is 322 g/mol. The second kappa shape index (κ2) is 8.31. The molecule has 1 amide bonds. The summed E-state index contributed by atoms with van der Waals surface area (Å²) in [6, 6.07) is 5.60. The Hall–Kier alpha value is -2.12. The molecule has 1 aliphatic heterocycles. The van der Waals surface area contributed by atoms with Gasteiger partial charge in [-0.15, -0.1) is 0 Å². The fourth-order valence-corrected chi connectivity index (χ4v) is 3.00. The number of aromatic nitrogens is 1. The van der Waals surface area contributed by atoms with Crippen molar-refractivity contribution in [2.24, 2.45) is 0 Å². The summed E-state index contributed by atoms with van der Waals surface area (Å²) >= 11 is 0. The summed E-state index contributed by atoms with van der Waals surface area (Å²) in [7, 11) is 0. The second-order valence-electron chi connectivity index (χ2n) is 6.25. The first kappa shape index (κ1) is 17.7. The molecule has 7 nitrogen and oxygen atoms in total. The summed E-state index contributed by atoms with van der Waals surface area (Å²) in [6.07, 6.45) is 1.73. The number of nitrogens with zero attached hydrogens (tertiary/aromatic N) is 2. The van der Waals surface area contributed by atoms with Gasteiger partial charge in [0.05, 0.1) is 19.3 Å². The summed E-state index contributed by atoms with van der Waals surface area (Å²) in [5.41, 5.74) is 0.319. The number of rotatable bonds is 7. The van der Waals surface area contributed by atoms with E-state index in [9.17, 15) is 4.79 Å². The van der Waals surface area contributed by atoms with Crippen molar-refractivity contribution in [3.8, 4) is 0 Å². The summed E-state index contributed by atoms with van der Waals surface area (Å²) in [5.74, 6) is 2.22. The number of morpholine rings is 1. The molecule has 0 aliphatic carbocycles. The van der Waals surface area contributed by atoms with Crippen molar-refractivity contribution in [3.05, 3.63) is 41.2 Å². The van der Waals surface area contributed by atoms with Crippen molar-refractivity contribution < 1.29 is 18.5 Å². The second-order valence-corrected chi connectivity index (χ2v) is 6.25. The van der Waals surface area contributed by atoms with E-state index >= 15 is 0 Å². The number of hydrogen-bond donors (Lipinski definition) is 1. The minimum Gasteiger partial charge on any atom is -0.465 e. The maximum atomic E-state index is 12.4. The molecule has 136 valence electrons. The van der Waals surface area contributed by atoms with Crippen molar-refractivity contribution in [2.75, 3.05) is 32.8 Å². The van der Waals surface area contributed by atoms with Crippen LogP contribution >= 0.6 is 0 Å². The van der Waals surface area contributed by atoms with Crippen LogP contribution in [0.4, 0.5) is 0 Å². The van der Waals surface area contributed by atoms with Gasteiger partial charge in [0.15, 0.2) is 5.69 Å². The molecule has 0 spiro atoms. The van der Waals surface area contributed by atoms with Gasteiger partial charge in [0.1, 0.15) is 17.3 Å². The lowest BCUT2D eigenvalue weighted by Crippen LogP contribution is -2.43. The highest BCUT2D eigenvalue weighted by Gasteiger charge is 2.26. The zero-order chi connectivity index (χ0) is 17.6. The normalized spacial score (nSPS) is 16.7. The first-order valence-electron chi connectivity index (χ1n) is 8.79. The van der Waals surface area contributed by atoms with E-state index in [0.29, 0.717) is 25.5 Å². The Kier molecular flexibility index (Phi) is 5.88. The monoisotopic (exact) mass is 347 g/mol. The van der Waals surface area contributed by atoms with Crippen LogP contribution in [-0.4, -0.2) is 48.8 Å². The van der Waals surface area contributed by atoms with E-state index in [0.717, 1.165) is 43.2 Å². The Balaban J connectivity index is 1.66. The van der Waals surface area contributed by atoms with Crippen molar-refractivity contribution in [3.63, 3.8) is 0 Å². The number of ether oxygens (including phenoxy) is 1. The number of hydrogen-bond acceptors (Lipinski definition) is 6. The van der Waals surface area contributed by atoms with Crippen LogP contribution in [0.15, 0.2) is 27.1 Å². The molecule has 0 bridgehead atoms. The standard InChI is InChI=1S/C18H25N3O4/c1-3-4-14-11-15(20-25-14)18(22)19-12-16(17-6-5-13(2)24-17)21-7-9-23-10-8-21/h5-6,11,16H,3-4,7-10,12H2,1-2H3,(H,19,22). The lowest BCUT2D eigenvalue weighted by molar-refractivity contribution is 0.0116. The number of aryl methyl sites for hydroxylation is 2. The molecule has 0 saturated carbocycles. The maximum absolute atomic E-state index is 12.4. The minimum absolute atomic E-state index is 0.0245. The van der Waals surface area contributed by atoms with E-state index in [1.54, 1.807) is 6.07 Å². The van der Waals surface area contributed by atoms with E-state index in [4.69, 9.17) is 13.7 Å². The Morgan fingerprint density at radius 1 is 1.36 bits per heavy atom. The molecule has 1 aliphatic rings. The van der Waals surface area contributed by atoms with Crippen LogP contribution in [0.2, 0.25) is 0 Å². The highest BCUT2D eigenvalue weighted by atomic mass is 16.5. The van der Waals surface area contributed by atoms with Gasteiger partial charge in [0.2, 0.25) is 0 Å². The van der Waals surface area contributed by atoms with E-state index in [-0.39, 0.29) is 11.9 Å². The summed E-state index contributed by atoms with van der Waals surface area (Å²) in [6.45, 7) is 7.42. The van der Waals surface area contributed by atoms with Gasteiger partial charge in [0.25, 0.3) is 5.91 Å². The Morgan fingerprint density at radius 2 is 2.16 bits per heavy atom. The van der Waals surface area contributed by atoms with Gasteiger partial charge < -0.3 is 19.0 Å². The molecule has 0 aromatic carbocycles. The van der Waals surface area contributed by atoms with E-state index in [2.05, 4.69) is 22.3 Å². The molecule has 2 aromatic rings. The van der Waals surface area contributed by atoms with Crippen molar-refractivity contribution in [1.29, 1.82) is 0 Å². The molecule has 7 heteroatoms. The topological polar surface area (TPSA) is 80.7 Å². The first-order valence-corrected chi connectivity index (χ1v) is 8.79. The lowest BCUT2D eigenvalue weighted by Gasteiger charge is -2.33. The molecule has 25 heavy (non-hydrogen) atoms. The fourth-order valence-electron chi connectivity index (χ4n) is 3.00. The average Bonchev–Trinajstić information content (AvgIpc) is 3.26. The highest BCUT2D eigenvalue weighted by molar-refractivity contribution is 5.92. The van der Waals surface area contributed by atoms with Gasteiger partial charge in [-0.25, -0.2) is 0 Å². The van der Waals surface area contributed by atoms with Gasteiger partial charge in [-0.3, -0.25) is 9.69 Å². The predicted molar refractivity (Wildman–Crippen MR) is 91.4 cm³/mol. The molecule has 1 N–H and O–H groups in total. The summed E-state index contributed by atoms with van der Waals surface area (Å²) in [4.78, 5) is 14.6. The number of furan rings is 1. The van der Waals surface area contributed by atoms with Crippen molar-refractivity contribution in [2.45, 2.75) is 32.7 Å². The SMILES string of the molecule is CCCc1cc(C(=O)NCC(c2ccc(C)o2)N2CCOCC2)no1. The van der Waals surface area contributed by atoms with E-state index in [1.807, 2.05) is 19.1 Å². The van der Waals surface area contributed by atoms with Crippen molar-refractivity contribution >= 4 is 5.91 Å². The third-order valence-corrected chi connectivity index (χ3v) is 4.32. The van der Waals surface area contributed by atoms with E-state index < -0.39 is 0 Å². The Bertz CT molecular complexity index is 688. The van der Waals surface area contributed by atoms with Gasteiger partial charge >= 0.3 is 0 Å². The average molecular weight is 347 g/mol. The quantitative estimate of drug-likeness (QED) is 0.828. The van der Waals surface area contributed by atoms with Crippen LogP contribution in [0.5, 0.6) is 0 Å². The van der Waals surface area contributed by atoms with Crippen LogP contribution in [0.1, 0.15) is 47.2 Å². The molecule has 1 atom stereocenters. The fraction of sp³-hybridized carbons (Fsp3) is 0.556. The van der Waals surface area contributed by atoms with Crippen LogP contribution in [0.3, 0.4) is 0 Å². The predicted octanol–water partition coefficient (Wildman–Crippen LogP) is 2.33. The third kappa shape index (κ3) is 4.49. The number of amides is 1. The van der Waals surface area contributed by atoms with Crippen LogP contribution < -0.4 is 5.32 Å². The van der Waals surface area contributed by atoms with Crippen LogP contribution in [0, 0.1) is 6.92 Å². The Morgan fingerprint density at radius 3 is 2.84 bits per heavy atom. The largest absolute Gasteiger partial charge is 0.465 e. The first-order chi connectivity index (χ1) is 12.2. The Labute approximate surface area is 147 Å².